The number of hydrogen-bond acceptors (Lipinski definition) is 4. The van der Waals surface area contributed by atoms with Gasteiger partial charge in [0.25, 0.3) is 10.0 Å². The van der Waals surface area contributed by atoms with Gasteiger partial charge in [0, 0.05) is 13.0 Å². The smallest absolute Gasteiger partial charge is 0.274 e. The van der Waals surface area contributed by atoms with E-state index in [2.05, 4.69) is 15.9 Å². The van der Waals surface area contributed by atoms with Crippen LogP contribution in [0.5, 0.6) is 0 Å². The molecular weight excluding hydrogens is 350 g/mol. The number of rotatable bonds is 3. The van der Waals surface area contributed by atoms with Gasteiger partial charge in [-0.3, -0.25) is 4.79 Å². The van der Waals surface area contributed by atoms with Gasteiger partial charge in [-0.25, -0.2) is 12.7 Å². The molecule has 19 heavy (non-hydrogen) atoms. The predicted molar refractivity (Wildman–Crippen MR) is 78.6 cm³/mol. The van der Waals surface area contributed by atoms with E-state index in [4.69, 9.17) is 0 Å². The van der Waals surface area contributed by atoms with E-state index in [1.165, 1.54) is 0 Å². The highest BCUT2D eigenvalue weighted by Crippen LogP contribution is 2.35. The molecule has 1 fully saturated rings. The molecule has 0 N–H and O–H groups in total. The fourth-order valence-corrected chi connectivity index (χ4v) is 5.86. The molecule has 1 aromatic heterocycles. The van der Waals surface area contributed by atoms with Crippen LogP contribution in [0, 0.1) is 18.8 Å². The van der Waals surface area contributed by atoms with Crippen LogP contribution in [0.1, 0.15) is 25.8 Å². The summed E-state index contributed by atoms with van der Waals surface area (Å²) in [6.45, 7) is 6.16. The second-order valence-electron chi connectivity index (χ2n) is 5.16. The molecule has 7 heteroatoms. The first-order chi connectivity index (χ1) is 8.73. The molecule has 2 rings (SSSR count). The summed E-state index contributed by atoms with van der Waals surface area (Å²) in [5.74, 6) is 0.133. The van der Waals surface area contributed by atoms with E-state index in [1.54, 1.807) is 6.07 Å². The van der Waals surface area contributed by atoms with Crippen molar-refractivity contribution in [2.24, 2.45) is 11.8 Å². The summed E-state index contributed by atoms with van der Waals surface area (Å²) in [6.07, 6.45) is 0.322. The fourth-order valence-electron chi connectivity index (χ4n) is 2.05. The molecule has 2 heterocycles. The summed E-state index contributed by atoms with van der Waals surface area (Å²) in [4.78, 5) is 11.9. The van der Waals surface area contributed by atoms with Crippen LogP contribution in [0.4, 0.5) is 0 Å². The minimum atomic E-state index is -3.68. The Hall–Kier alpha value is -0.400. The van der Waals surface area contributed by atoms with Gasteiger partial charge in [0.2, 0.25) is 5.91 Å². The van der Waals surface area contributed by atoms with Gasteiger partial charge in [0.1, 0.15) is 4.21 Å². The Morgan fingerprint density at radius 3 is 2.53 bits per heavy atom. The van der Waals surface area contributed by atoms with Crippen molar-refractivity contribution >= 4 is 43.2 Å². The molecule has 0 radical (unpaired) electrons. The number of aryl methyl sites for hydroxylation is 1. The molecule has 1 unspecified atom stereocenters. The second kappa shape index (κ2) is 5.18. The highest BCUT2D eigenvalue weighted by Gasteiger charge is 2.40. The second-order valence-corrected chi connectivity index (χ2v) is 9.62. The van der Waals surface area contributed by atoms with Crippen molar-refractivity contribution in [2.45, 2.75) is 31.4 Å². The summed E-state index contributed by atoms with van der Waals surface area (Å²) < 4.78 is 27.0. The summed E-state index contributed by atoms with van der Waals surface area (Å²) >= 11 is 4.47. The van der Waals surface area contributed by atoms with E-state index in [1.807, 2.05) is 20.8 Å². The normalized spacial score (nSPS) is 20.6. The van der Waals surface area contributed by atoms with E-state index in [-0.39, 0.29) is 16.0 Å². The summed E-state index contributed by atoms with van der Waals surface area (Å²) in [6, 6.07) is 1.61. The lowest BCUT2D eigenvalue weighted by Crippen LogP contribution is -2.32. The van der Waals surface area contributed by atoms with E-state index >= 15 is 0 Å². The van der Waals surface area contributed by atoms with Crippen LogP contribution in [-0.4, -0.2) is 25.2 Å². The maximum absolute atomic E-state index is 12.5. The molecule has 4 nitrogen and oxygen atoms in total. The number of halogens is 1. The minimum Gasteiger partial charge on any atom is -0.274 e. The number of amides is 1. The van der Waals surface area contributed by atoms with Crippen molar-refractivity contribution in [1.82, 2.24) is 4.31 Å². The number of sulfonamides is 1. The van der Waals surface area contributed by atoms with Crippen LogP contribution in [-0.2, 0) is 14.8 Å². The Balaban J connectivity index is 2.33. The minimum absolute atomic E-state index is 0.117. The molecule has 0 spiro atoms. The third-order valence-corrected chi connectivity index (χ3v) is 7.81. The molecule has 1 aliphatic heterocycles. The van der Waals surface area contributed by atoms with Crippen LogP contribution < -0.4 is 0 Å². The Labute approximate surface area is 126 Å². The van der Waals surface area contributed by atoms with Crippen LogP contribution in [0.3, 0.4) is 0 Å². The number of thiophene rings is 1. The average molecular weight is 366 g/mol. The molecule has 0 bridgehead atoms. The van der Waals surface area contributed by atoms with E-state index in [9.17, 15) is 13.2 Å². The lowest BCUT2D eigenvalue weighted by Gasteiger charge is -2.17. The van der Waals surface area contributed by atoms with E-state index in [0.717, 1.165) is 25.0 Å². The van der Waals surface area contributed by atoms with Crippen LogP contribution in [0.15, 0.2) is 14.1 Å². The van der Waals surface area contributed by atoms with Gasteiger partial charge in [0.05, 0.1) is 3.79 Å². The highest BCUT2D eigenvalue weighted by atomic mass is 79.9. The molecule has 0 aromatic carbocycles. The van der Waals surface area contributed by atoms with Gasteiger partial charge >= 0.3 is 0 Å². The average Bonchev–Trinajstić information content (AvgIpc) is 2.84. The van der Waals surface area contributed by atoms with Crippen molar-refractivity contribution in [2.75, 3.05) is 6.54 Å². The Morgan fingerprint density at radius 2 is 2.11 bits per heavy atom. The first-order valence-corrected chi connectivity index (χ1v) is 9.10. The predicted octanol–water partition coefficient (Wildman–Crippen LogP) is 3.01. The van der Waals surface area contributed by atoms with Crippen LogP contribution >= 0.6 is 27.3 Å². The molecule has 106 valence electrons. The third kappa shape index (κ3) is 2.73. The van der Waals surface area contributed by atoms with Crippen molar-refractivity contribution in [3.8, 4) is 0 Å². The topological polar surface area (TPSA) is 54.5 Å². The Bertz CT molecular complexity index is 587. The van der Waals surface area contributed by atoms with Crippen molar-refractivity contribution in [3.05, 3.63) is 15.4 Å². The van der Waals surface area contributed by atoms with E-state index < -0.39 is 10.0 Å². The SMILES string of the molecule is Cc1cc(S(=O)(=O)N2CC(C(C)C)CC2=O)sc1Br. The quantitative estimate of drug-likeness (QED) is 0.826. The van der Waals surface area contributed by atoms with Crippen LogP contribution in [0.2, 0.25) is 0 Å². The summed E-state index contributed by atoms with van der Waals surface area (Å²) in [5.41, 5.74) is 0.871. The Morgan fingerprint density at radius 1 is 1.47 bits per heavy atom. The van der Waals surface area contributed by atoms with Gasteiger partial charge in [-0.1, -0.05) is 13.8 Å². The molecule has 0 saturated carbocycles. The third-order valence-electron chi connectivity index (χ3n) is 3.44. The van der Waals surface area contributed by atoms with Gasteiger partial charge in [0.15, 0.2) is 0 Å². The lowest BCUT2D eigenvalue weighted by atomic mass is 9.95. The lowest BCUT2D eigenvalue weighted by molar-refractivity contribution is -0.123. The molecule has 0 aliphatic carbocycles. The van der Waals surface area contributed by atoms with Crippen LogP contribution in [0.25, 0.3) is 0 Å². The van der Waals surface area contributed by atoms with E-state index in [0.29, 0.717) is 18.9 Å². The number of carbonyl (C=O) groups excluding carboxylic acids is 1. The number of nitrogens with zero attached hydrogens (tertiary/aromatic N) is 1. The summed E-state index contributed by atoms with van der Waals surface area (Å²) in [7, 11) is -3.68. The molecule has 1 aromatic rings. The largest absolute Gasteiger partial charge is 0.276 e. The molecule has 1 saturated heterocycles. The van der Waals surface area contributed by atoms with Gasteiger partial charge in [-0.05, 0) is 46.3 Å². The fraction of sp³-hybridized carbons (Fsp3) is 0.583. The molecular formula is C12H16BrNO3S2. The Kier molecular flexibility index (Phi) is 4.09. The number of carbonyl (C=O) groups is 1. The highest BCUT2D eigenvalue weighted by molar-refractivity contribution is 9.11. The zero-order valence-electron chi connectivity index (χ0n) is 11.0. The van der Waals surface area contributed by atoms with Crippen molar-refractivity contribution < 1.29 is 13.2 Å². The molecule has 1 amide bonds. The van der Waals surface area contributed by atoms with Gasteiger partial charge in [-0.15, -0.1) is 11.3 Å². The zero-order chi connectivity index (χ0) is 14.4. The first-order valence-electron chi connectivity index (χ1n) is 6.05. The first kappa shape index (κ1) is 15.0. The van der Waals surface area contributed by atoms with Gasteiger partial charge < -0.3 is 0 Å². The maximum atomic E-state index is 12.5. The van der Waals surface area contributed by atoms with Crippen molar-refractivity contribution in [3.63, 3.8) is 0 Å². The van der Waals surface area contributed by atoms with Crippen molar-refractivity contribution in [1.29, 1.82) is 0 Å². The zero-order valence-corrected chi connectivity index (χ0v) is 14.2. The standard InChI is InChI=1S/C12H16BrNO3S2/c1-7(2)9-5-10(15)14(6-9)19(16,17)11-4-8(3)12(13)18-11/h4,7,9H,5-6H2,1-3H3. The monoisotopic (exact) mass is 365 g/mol. The molecule has 1 aliphatic rings. The van der Waals surface area contributed by atoms with Gasteiger partial charge in [-0.2, -0.15) is 0 Å². The maximum Gasteiger partial charge on any atom is 0.276 e. The molecule has 1 atom stereocenters. The summed E-state index contributed by atoms with van der Waals surface area (Å²) in [5, 5.41) is 0. The number of hydrogen-bond donors (Lipinski definition) is 0.